The molecule has 100 valence electrons. The molecule has 2 atom stereocenters. The van der Waals surface area contributed by atoms with Crippen molar-refractivity contribution in [3.05, 3.63) is 23.8 Å². The van der Waals surface area contributed by atoms with Crippen molar-refractivity contribution in [3.63, 3.8) is 0 Å². The number of ether oxygens (including phenoxy) is 2. The minimum absolute atomic E-state index is 0.131. The monoisotopic (exact) mass is 254 g/mol. The fourth-order valence-electron chi connectivity index (χ4n) is 2.02. The van der Waals surface area contributed by atoms with E-state index in [1.165, 1.54) is 13.8 Å². The largest absolute Gasteiger partial charge is 0.462 e. The lowest BCUT2D eigenvalue weighted by atomic mass is 9.86. The number of esters is 2. The van der Waals surface area contributed by atoms with Crippen molar-refractivity contribution in [2.75, 3.05) is 6.61 Å². The maximum absolute atomic E-state index is 11.0. The van der Waals surface area contributed by atoms with Crippen molar-refractivity contribution in [1.29, 1.82) is 0 Å². The topological polar surface area (TPSA) is 72.8 Å². The summed E-state index contributed by atoms with van der Waals surface area (Å²) < 4.78 is 10.3. The van der Waals surface area contributed by atoms with Crippen LogP contribution in [0.2, 0.25) is 0 Å². The first kappa shape index (κ1) is 14.4. The number of hydrogen-bond acceptors (Lipinski definition) is 5. The number of carbonyl (C=O) groups excluding carboxylic acids is 2. The highest BCUT2D eigenvalue weighted by molar-refractivity contribution is 5.67. The molecule has 1 rings (SSSR count). The molecular weight excluding hydrogens is 236 g/mol. The first-order chi connectivity index (χ1) is 8.43. The van der Waals surface area contributed by atoms with E-state index in [1.54, 1.807) is 6.08 Å². The van der Waals surface area contributed by atoms with Gasteiger partial charge in [-0.05, 0) is 11.1 Å². The molecule has 0 radical (unpaired) electrons. The van der Waals surface area contributed by atoms with Gasteiger partial charge in [-0.3, -0.25) is 9.59 Å². The molecule has 0 aliphatic heterocycles. The molecule has 0 spiro atoms. The molecule has 0 aromatic rings. The molecule has 0 aromatic heterocycles. The van der Waals surface area contributed by atoms with Gasteiger partial charge < -0.3 is 14.6 Å². The first-order valence-corrected chi connectivity index (χ1v) is 5.77. The predicted octanol–water partition coefficient (Wildman–Crippen LogP) is 1.12. The van der Waals surface area contributed by atoms with Crippen molar-refractivity contribution in [2.24, 2.45) is 0 Å². The van der Waals surface area contributed by atoms with Gasteiger partial charge in [0.2, 0.25) is 0 Å². The van der Waals surface area contributed by atoms with Gasteiger partial charge in [-0.15, -0.1) is 0 Å². The highest BCUT2D eigenvalue weighted by atomic mass is 16.6. The quantitative estimate of drug-likeness (QED) is 0.764. The zero-order valence-corrected chi connectivity index (χ0v) is 10.6. The number of rotatable bonds is 3. The van der Waals surface area contributed by atoms with Crippen molar-refractivity contribution in [3.8, 4) is 0 Å². The van der Waals surface area contributed by atoms with E-state index in [9.17, 15) is 9.59 Å². The van der Waals surface area contributed by atoms with Gasteiger partial charge in [0.1, 0.15) is 12.2 Å². The van der Waals surface area contributed by atoms with E-state index in [0.29, 0.717) is 18.4 Å². The lowest BCUT2D eigenvalue weighted by Gasteiger charge is -2.32. The van der Waals surface area contributed by atoms with Gasteiger partial charge in [0.15, 0.2) is 0 Å². The van der Waals surface area contributed by atoms with Gasteiger partial charge in [0, 0.05) is 26.7 Å². The zero-order valence-electron chi connectivity index (χ0n) is 10.6. The molecule has 1 fully saturated rings. The Morgan fingerprint density at radius 3 is 2.50 bits per heavy atom. The Labute approximate surface area is 106 Å². The molecule has 1 aliphatic rings. The van der Waals surface area contributed by atoms with Crippen LogP contribution in [-0.2, 0) is 19.1 Å². The van der Waals surface area contributed by atoms with Crippen molar-refractivity contribution in [1.82, 2.24) is 0 Å². The Morgan fingerprint density at radius 2 is 2.00 bits per heavy atom. The van der Waals surface area contributed by atoms with Crippen LogP contribution in [0.15, 0.2) is 23.8 Å². The fourth-order valence-corrected chi connectivity index (χ4v) is 2.02. The second kappa shape index (κ2) is 6.35. The van der Waals surface area contributed by atoms with Gasteiger partial charge in [-0.1, -0.05) is 12.7 Å². The Hall–Kier alpha value is -1.62. The van der Waals surface area contributed by atoms with E-state index < -0.39 is 12.1 Å². The maximum atomic E-state index is 11.0. The molecule has 0 aromatic carbocycles. The average Bonchev–Trinajstić information content (AvgIpc) is 2.23. The molecule has 1 aliphatic carbocycles. The summed E-state index contributed by atoms with van der Waals surface area (Å²) in [5.41, 5.74) is 1.42. The molecule has 1 saturated carbocycles. The summed E-state index contributed by atoms with van der Waals surface area (Å²) >= 11 is 0. The molecule has 0 bridgehead atoms. The van der Waals surface area contributed by atoms with Crippen molar-refractivity contribution >= 4 is 11.9 Å². The summed E-state index contributed by atoms with van der Waals surface area (Å²) in [5, 5.41) is 8.94. The van der Waals surface area contributed by atoms with Crippen LogP contribution in [0.3, 0.4) is 0 Å². The van der Waals surface area contributed by atoms with Crippen LogP contribution in [0.1, 0.15) is 26.7 Å². The third kappa shape index (κ3) is 4.00. The number of aliphatic hydroxyl groups excluding tert-OH is 1. The molecular formula is C13H18O5. The van der Waals surface area contributed by atoms with Crippen LogP contribution in [0.4, 0.5) is 0 Å². The average molecular weight is 254 g/mol. The standard InChI is InChI=1S/C13H18O5/c1-8-11(4-5-14)6-12(17-9(2)15)7-13(8)18-10(3)16/h4,12-14H,1,5-7H2,2-3H3/b11-4-. The van der Waals surface area contributed by atoms with E-state index in [2.05, 4.69) is 6.58 Å². The van der Waals surface area contributed by atoms with Gasteiger partial charge >= 0.3 is 11.9 Å². The minimum atomic E-state index is -0.501. The van der Waals surface area contributed by atoms with Crippen LogP contribution >= 0.6 is 0 Å². The van der Waals surface area contributed by atoms with E-state index in [1.807, 2.05) is 0 Å². The van der Waals surface area contributed by atoms with Crippen LogP contribution in [0.25, 0.3) is 0 Å². The zero-order chi connectivity index (χ0) is 13.7. The Morgan fingerprint density at radius 1 is 1.39 bits per heavy atom. The number of hydrogen-bond donors (Lipinski definition) is 1. The Kier molecular flexibility index (Phi) is 5.09. The number of aliphatic hydroxyl groups is 1. The summed E-state index contributed by atoms with van der Waals surface area (Å²) in [6, 6.07) is 0. The van der Waals surface area contributed by atoms with Crippen molar-refractivity contribution < 1.29 is 24.2 Å². The molecule has 0 amide bonds. The van der Waals surface area contributed by atoms with Crippen LogP contribution in [-0.4, -0.2) is 35.9 Å². The van der Waals surface area contributed by atoms with Gasteiger partial charge in [0.25, 0.3) is 0 Å². The highest BCUT2D eigenvalue weighted by Gasteiger charge is 2.31. The first-order valence-electron chi connectivity index (χ1n) is 5.77. The van der Waals surface area contributed by atoms with Crippen LogP contribution in [0, 0.1) is 0 Å². The van der Waals surface area contributed by atoms with E-state index in [-0.39, 0.29) is 18.7 Å². The maximum Gasteiger partial charge on any atom is 0.303 e. The molecule has 2 unspecified atom stereocenters. The van der Waals surface area contributed by atoms with Gasteiger partial charge in [0.05, 0.1) is 6.61 Å². The molecule has 0 heterocycles. The van der Waals surface area contributed by atoms with Crippen molar-refractivity contribution in [2.45, 2.75) is 38.9 Å². The van der Waals surface area contributed by atoms with E-state index >= 15 is 0 Å². The predicted molar refractivity (Wildman–Crippen MR) is 64.7 cm³/mol. The summed E-state index contributed by atoms with van der Waals surface area (Å²) in [4.78, 5) is 22.0. The molecule has 5 nitrogen and oxygen atoms in total. The third-order valence-corrected chi connectivity index (χ3v) is 2.70. The van der Waals surface area contributed by atoms with Gasteiger partial charge in [-0.25, -0.2) is 0 Å². The SMILES string of the molecule is C=C1/C(=C\CO)CC(OC(C)=O)CC1OC(C)=O. The van der Waals surface area contributed by atoms with Gasteiger partial charge in [-0.2, -0.15) is 0 Å². The Balaban J connectivity index is 2.83. The summed E-state index contributed by atoms with van der Waals surface area (Å²) in [6.07, 6.45) is 1.62. The Bertz CT molecular complexity index is 383. The molecule has 1 N–H and O–H groups in total. The minimum Gasteiger partial charge on any atom is -0.462 e. The second-order valence-corrected chi connectivity index (χ2v) is 4.21. The number of carbonyl (C=O) groups is 2. The lowest BCUT2D eigenvalue weighted by molar-refractivity contribution is -0.152. The van der Waals surface area contributed by atoms with E-state index in [0.717, 1.165) is 5.57 Å². The second-order valence-electron chi connectivity index (χ2n) is 4.21. The lowest BCUT2D eigenvalue weighted by Crippen LogP contribution is -2.33. The molecule has 18 heavy (non-hydrogen) atoms. The summed E-state index contributed by atoms with van der Waals surface area (Å²) in [6.45, 7) is 6.38. The summed E-state index contributed by atoms with van der Waals surface area (Å²) in [5.74, 6) is -0.787. The van der Waals surface area contributed by atoms with E-state index in [4.69, 9.17) is 14.6 Å². The highest BCUT2D eigenvalue weighted by Crippen LogP contribution is 2.32. The summed E-state index contributed by atoms with van der Waals surface area (Å²) in [7, 11) is 0. The van der Waals surface area contributed by atoms with Crippen LogP contribution in [0.5, 0.6) is 0 Å². The third-order valence-electron chi connectivity index (χ3n) is 2.70. The molecule has 5 heteroatoms. The smallest absolute Gasteiger partial charge is 0.303 e. The molecule has 0 saturated heterocycles. The fraction of sp³-hybridized carbons (Fsp3) is 0.538. The van der Waals surface area contributed by atoms with Crippen LogP contribution < -0.4 is 0 Å². The normalized spacial score (nSPS) is 25.9.